The number of rotatable bonds is 3. The van der Waals surface area contributed by atoms with Crippen molar-refractivity contribution in [2.45, 2.75) is 12.2 Å². The number of methoxy groups -OCH3 is 1. The van der Waals surface area contributed by atoms with Crippen LogP contribution in [0.2, 0.25) is 0 Å². The van der Waals surface area contributed by atoms with E-state index in [1.807, 2.05) is 0 Å². The summed E-state index contributed by atoms with van der Waals surface area (Å²) in [5, 5.41) is 0.328. The van der Waals surface area contributed by atoms with E-state index in [9.17, 15) is 9.18 Å². The van der Waals surface area contributed by atoms with Crippen LogP contribution < -0.4 is 10.1 Å². The first-order valence-corrected chi connectivity index (χ1v) is 6.09. The highest BCUT2D eigenvalue weighted by Gasteiger charge is 2.29. The van der Waals surface area contributed by atoms with E-state index >= 15 is 0 Å². The summed E-state index contributed by atoms with van der Waals surface area (Å²) in [6, 6.07) is 3.07. The van der Waals surface area contributed by atoms with E-state index in [0.717, 1.165) is 6.08 Å². The highest BCUT2D eigenvalue weighted by Crippen LogP contribution is 2.39. The lowest BCUT2D eigenvalue weighted by atomic mass is 10.0. The van der Waals surface area contributed by atoms with E-state index in [-0.39, 0.29) is 6.61 Å². The van der Waals surface area contributed by atoms with Gasteiger partial charge in [0, 0.05) is 5.56 Å². The maximum atomic E-state index is 13.7. The first-order valence-electron chi connectivity index (χ1n) is 5.71. The molecule has 2 rings (SSSR count). The van der Waals surface area contributed by atoms with Crippen molar-refractivity contribution < 1.29 is 18.7 Å². The van der Waals surface area contributed by atoms with E-state index in [2.05, 4.69) is 5.32 Å². The van der Waals surface area contributed by atoms with Crippen LogP contribution in [0.25, 0.3) is 6.08 Å². The molecule has 0 saturated heterocycles. The van der Waals surface area contributed by atoms with Gasteiger partial charge in [0.2, 0.25) is 0 Å². The molecule has 1 aromatic rings. The van der Waals surface area contributed by atoms with Crippen molar-refractivity contribution in [3.63, 3.8) is 0 Å². The third-order valence-corrected chi connectivity index (χ3v) is 2.85. The lowest BCUT2D eigenvalue weighted by Gasteiger charge is -2.25. The lowest BCUT2D eigenvalue weighted by molar-refractivity contribution is 0.0526. The number of carbonyl (C=O) groups excluding carboxylic acids is 1. The molecular formula is C13H13ClFNO3. The van der Waals surface area contributed by atoms with E-state index < -0.39 is 11.2 Å². The Balaban J connectivity index is 2.47. The molecule has 0 bridgehead atoms. The fourth-order valence-electron chi connectivity index (χ4n) is 1.80. The van der Waals surface area contributed by atoms with Crippen LogP contribution in [-0.2, 0) is 4.74 Å². The zero-order valence-electron chi connectivity index (χ0n) is 10.5. The van der Waals surface area contributed by atoms with Crippen LogP contribution in [0.4, 0.5) is 10.1 Å². The molecule has 0 aliphatic carbocycles. The van der Waals surface area contributed by atoms with Gasteiger partial charge in [0.15, 0.2) is 0 Å². The van der Waals surface area contributed by atoms with Gasteiger partial charge in [-0.2, -0.15) is 4.39 Å². The molecule has 0 fully saturated rings. The smallest absolute Gasteiger partial charge is 0.338 e. The first-order chi connectivity index (χ1) is 8.96. The van der Waals surface area contributed by atoms with Gasteiger partial charge in [-0.1, -0.05) is 17.7 Å². The van der Waals surface area contributed by atoms with Crippen molar-refractivity contribution in [3.05, 3.63) is 29.3 Å². The molecule has 1 aromatic carbocycles. The van der Waals surface area contributed by atoms with Crippen molar-refractivity contribution in [2.24, 2.45) is 0 Å². The summed E-state index contributed by atoms with van der Waals surface area (Å²) in [4.78, 5) is 11.7. The SMILES string of the molecule is CCOC(=O)c1cc2c(c(OC)c1)NC(F)(Cl)C=C2. The van der Waals surface area contributed by atoms with E-state index in [4.69, 9.17) is 21.1 Å². The molecule has 19 heavy (non-hydrogen) atoms. The fraction of sp³-hybridized carbons (Fsp3) is 0.308. The molecule has 1 aliphatic heterocycles. The lowest BCUT2D eigenvalue weighted by Crippen LogP contribution is -2.26. The summed E-state index contributed by atoms with van der Waals surface area (Å²) >= 11 is 5.57. The Labute approximate surface area is 115 Å². The Morgan fingerprint density at radius 3 is 2.89 bits per heavy atom. The number of hydrogen-bond acceptors (Lipinski definition) is 4. The fourth-order valence-corrected chi connectivity index (χ4v) is 1.96. The minimum atomic E-state index is -2.16. The number of nitrogens with one attached hydrogen (secondary N) is 1. The molecule has 0 saturated carbocycles. The number of esters is 1. The second-order valence-corrected chi connectivity index (χ2v) is 4.49. The van der Waals surface area contributed by atoms with Crippen LogP contribution in [0.3, 0.4) is 0 Å². The summed E-state index contributed by atoms with van der Waals surface area (Å²) in [5.74, 6) is -0.132. The minimum absolute atomic E-state index is 0.279. The number of ether oxygens (including phenoxy) is 2. The Morgan fingerprint density at radius 1 is 1.53 bits per heavy atom. The molecule has 1 unspecified atom stereocenters. The molecule has 0 aromatic heterocycles. The molecule has 1 atom stereocenters. The van der Waals surface area contributed by atoms with Crippen LogP contribution in [0, 0.1) is 0 Å². The maximum absolute atomic E-state index is 13.7. The molecule has 4 nitrogen and oxygen atoms in total. The third kappa shape index (κ3) is 2.81. The van der Waals surface area contributed by atoms with E-state index in [0.29, 0.717) is 22.6 Å². The average molecular weight is 286 g/mol. The predicted octanol–water partition coefficient (Wildman–Crippen LogP) is 3.17. The van der Waals surface area contributed by atoms with Crippen molar-refractivity contribution in [1.29, 1.82) is 0 Å². The van der Waals surface area contributed by atoms with Crippen LogP contribution in [0.15, 0.2) is 18.2 Å². The monoisotopic (exact) mass is 285 g/mol. The standard InChI is InChI=1S/C13H13ClFNO3/c1-3-19-12(17)9-6-8-4-5-13(14,15)16-11(8)10(7-9)18-2/h4-7,16H,3H2,1-2H3. The summed E-state index contributed by atoms with van der Waals surface area (Å²) in [6.07, 6.45) is 2.65. The zero-order valence-corrected chi connectivity index (χ0v) is 11.3. The van der Waals surface area contributed by atoms with Gasteiger partial charge in [-0.05, 0) is 25.1 Å². The van der Waals surface area contributed by atoms with Crippen molar-refractivity contribution in [2.75, 3.05) is 19.0 Å². The number of benzene rings is 1. The van der Waals surface area contributed by atoms with Crippen molar-refractivity contribution in [3.8, 4) is 5.75 Å². The van der Waals surface area contributed by atoms with E-state index in [1.165, 1.54) is 19.3 Å². The molecule has 102 valence electrons. The zero-order chi connectivity index (χ0) is 14.0. The van der Waals surface area contributed by atoms with Crippen LogP contribution >= 0.6 is 11.6 Å². The molecular weight excluding hydrogens is 273 g/mol. The van der Waals surface area contributed by atoms with Crippen LogP contribution in [-0.4, -0.2) is 24.9 Å². The normalized spacial score (nSPS) is 20.4. The van der Waals surface area contributed by atoms with Crippen molar-refractivity contribution >= 4 is 29.3 Å². The number of anilines is 1. The van der Waals surface area contributed by atoms with Gasteiger partial charge in [0.25, 0.3) is 5.25 Å². The summed E-state index contributed by atoms with van der Waals surface area (Å²) in [7, 11) is 1.43. The molecule has 1 aliphatic rings. The molecule has 0 spiro atoms. The molecule has 1 N–H and O–H groups in total. The first kappa shape index (κ1) is 13.7. The Bertz CT molecular complexity index is 543. The van der Waals surface area contributed by atoms with Gasteiger partial charge < -0.3 is 14.8 Å². The van der Waals surface area contributed by atoms with Crippen molar-refractivity contribution in [1.82, 2.24) is 0 Å². The second-order valence-electron chi connectivity index (χ2n) is 3.94. The highest BCUT2D eigenvalue weighted by molar-refractivity contribution is 6.26. The molecule has 1 heterocycles. The van der Waals surface area contributed by atoms with Gasteiger partial charge in [0.1, 0.15) is 5.75 Å². The summed E-state index contributed by atoms with van der Waals surface area (Å²) in [5.41, 5.74) is 1.34. The second kappa shape index (κ2) is 5.09. The maximum Gasteiger partial charge on any atom is 0.338 e. The summed E-state index contributed by atoms with van der Waals surface area (Å²) in [6.45, 7) is 2.00. The predicted molar refractivity (Wildman–Crippen MR) is 71.3 cm³/mol. The number of hydrogen-bond donors (Lipinski definition) is 1. The average Bonchev–Trinajstić information content (AvgIpc) is 2.37. The van der Waals surface area contributed by atoms with Gasteiger partial charge >= 0.3 is 5.97 Å². The molecule has 0 amide bonds. The number of halogens is 2. The van der Waals surface area contributed by atoms with Crippen LogP contribution in [0.5, 0.6) is 5.75 Å². The Hall–Kier alpha value is -1.75. The van der Waals surface area contributed by atoms with Gasteiger partial charge in [-0.25, -0.2) is 4.79 Å². The van der Waals surface area contributed by atoms with Crippen LogP contribution in [0.1, 0.15) is 22.8 Å². The number of alkyl halides is 2. The Kier molecular flexibility index (Phi) is 3.66. The summed E-state index contributed by atoms with van der Waals surface area (Å²) < 4.78 is 23.7. The number of fused-ring (bicyclic) bond motifs is 1. The minimum Gasteiger partial charge on any atom is -0.495 e. The topological polar surface area (TPSA) is 47.6 Å². The highest BCUT2D eigenvalue weighted by atomic mass is 35.5. The van der Waals surface area contributed by atoms with Gasteiger partial charge in [-0.3, -0.25) is 0 Å². The largest absolute Gasteiger partial charge is 0.495 e. The molecule has 0 radical (unpaired) electrons. The van der Waals surface area contributed by atoms with Gasteiger partial charge in [0.05, 0.1) is 25.0 Å². The number of carbonyl (C=O) groups is 1. The third-order valence-electron chi connectivity index (χ3n) is 2.63. The molecule has 6 heteroatoms. The Morgan fingerprint density at radius 2 is 2.26 bits per heavy atom. The quantitative estimate of drug-likeness (QED) is 0.526. The van der Waals surface area contributed by atoms with E-state index in [1.54, 1.807) is 13.0 Å². The van der Waals surface area contributed by atoms with Gasteiger partial charge in [-0.15, -0.1) is 0 Å².